The Kier molecular flexibility index (Phi) is 4.75. The lowest BCUT2D eigenvalue weighted by molar-refractivity contribution is -0.131. The number of likely N-dealkylation sites (tertiary alicyclic amines) is 1. The van der Waals surface area contributed by atoms with Crippen molar-refractivity contribution in [2.75, 3.05) is 13.1 Å². The van der Waals surface area contributed by atoms with Crippen LogP contribution in [0.5, 0.6) is 0 Å². The molecule has 3 rings (SSSR count). The second kappa shape index (κ2) is 6.78. The highest BCUT2D eigenvalue weighted by Gasteiger charge is 2.26. The van der Waals surface area contributed by atoms with E-state index >= 15 is 0 Å². The van der Waals surface area contributed by atoms with Crippen LogP contribution in [0.4, 0.5) is 0 Å². The maximum Gasteiger partial charge on any atom is 0.235 e. The van der Waals surface area contributed by atoms with Gasteiger partial charge in [0, 0.05) is 20.1 Å². The van der Waals surface area contributed by atoms with E-state index in [-0.39, 0.29) is 11.2 Å². The van der Waals surface area contributed by atoms with Crippen molar-refractivity contribution in [1.82, 2.24) is 19.7 Å². The molecule has 7 heteroatoms. The van der Waals surface area contributed by atoms with E-state index < -0.39 is 0 Å². The zero-order chi connectivity index (χ0) is 16.4. The van der Waals surface area contributed by atoms with Crippen molar-refractivity contribution in [3.05, 3.63) is 18.4 Å². The van der Waals surface area contributed by atoms with Crippen LogP contribution < -0.4 is 0 Å². The van der Waals surface area contributed by atoms with Gasteiger partial charge in [-0.15, -0.1) is 10.2 Å². The minimum Gasteiger partial charge on any atom is -0.461 e. The van der Waals surface area contributed by atoms with Gasteiger partial charge >= 0.3 is 0 Å². The van der Waals surface area contributed by atoms with E-state index in [4.69, 9.17) is 4.42 Å². The number of thioether (sulfide) groups is 1. The molecule has 1 unspecified atom stereocenters. The van der Waals surface area contributed by atoms with Crippen LogP contribution in [0.1, 0.15) is 26.7 Å². The molecule has 124 valence electrons. The molecule has 0 N–H and O–H groups in total. The lowest BCUT2D eigenvalue weighted by atomic mass is 9.99. The minimum absolute atomic E-state index is 0.171. The van der Waals surface area contributed by atoms with Crippen molar-refractivity contribution < 1.29 is 9.21 Å². The molecule has 2 aromatic heterocycles. The summed E-state index contributed by atoms with van der Waals surface area (Å²) < 4.78 is 7.23. The summed E-state index contributed by atoms with van der Waals surface area (Å²) >= 11 is 1.45. The van der Waals surface area contributed by atoms with Gasteiger partial charge in [-0.1, -0.05) is 18.7 Å². The van der Waals surface area contributed by atoms with Gasteiger partial charge in [0.25, 0.3) is 0 Å². The Morgan fingerprint density at radius 1 is 1.39 bits per heavy atom. The van der Waals surface area contributed by atoms with Gasteiger partial charge < -0.3 is 13.9 Å². The molecule has 0 saturated carbocycles. The van der Waals surface area contributed by atoms with E-state index in [0.717, 1.165) is 37.0 Å². The third kappa shape index (κ3) is 3.44. The highest BCUT2D eigenvalue weighted by Crippen LogP contribution is 2.27. The standard InChI is InChI=1S/C16H22N4O2S/c1-11-6-8-20(9-7-11)15(21)12(2)23-16-18-17-14(19(16)3)13-5-4-10-22-13/h4-5,10-12H,6-9H2,1-3H3. The smallest absolute Gasteiger partial charge is 0.235 e. The molecule has 2 aromatic rings. The van der Waals surface area contributed by atoms with Crippen LogP contribution in [0.25, 0.3) is 11.6 Å². The molecular weight excluding hydrogens is 312 g/mol. The first-order valence-electron chi connectivity index (χ1n) is 7.95. The summed E-state index contributed by atoms with van der Waals surface area (Å²) in [7, 11) is 1.89. The predicted molar refractivity (Wildman–Crippen MR) is 89.0 cm³/mol. The number of carbonyl (C=O) groups excluding carboxylic acids is 1. The van der Waals surface area contributed by atoms with E-state index in [1.165, 1.54) is 11.8 Å². The van der Waals surface area contributed by atoms with Crippen LogP contribution in [-0.2, 0) is 11.8 Å². The number of furan rings is 1. The number of amides is 1. The number of aromatic nitrogens is 3. The fraction of sp³-hybridized carbons (Fsp3) is 0.562. The molecule has 0 radical (unpaired) electrons. The van der Waals surface area contributed by atoms with Crippen molar-refractivity contribution >= 4 is 17.7 Å². The molecule has 0 aliphatic carbocycles. The van der Waals surface area contributed by atoms with Gasteiger partial charge in [-0.05, 0) is 37.8 Å². The monoisotopic (exact) mass is 334 g/mol. The van der Waals surface area contributed by atoms with E-state index in [1.54, 1.807) is 6.26 Å². The summed E-state index contributed by atoms with van der Waals surface area (Å²) in [4.78, 5) is 14.6. The van der Waals surface area contributed by atoms with Crippen molar-refractivity contribution in [2.24, 2.45) is 13.0 Å². The van der Waals surface area contributed by atoms with Gasteiger partial charge in [0.1, 0.15) is 0 Å². The number of hydrogen-bond acceptors (Lipinski definition) is 5. The average Bonchev–Trinajstić information content (AvgIpc) is 3.18. The van der Waals surface area contributed by atoms with Gasteiger partial charge in [0.2, 0.25) is 5.91 Å². The van der Waals surface area contributed by atoms with Gasteiger partial charge in [0.05, 0.1) is 11.5 Å². The number of nitrogens with zero attached hydrogens (tertiary/aromatic N) is 4. The first-order chi connectivity index (χ1) is 11.1. The van der Waals surface area contributed by atoms with Crippen molar-refractivity contribution in [3.63, 3.8) is 0 Å². The Hall–Kier alpha value is -1.76. The third-order valence-corrected chi connectivity index (χ3v) is 5.42. The molecule has 3 heterocycles. The summed E-state index contributed by atoms with van der Waals surface area (Å²) in [5.74, 6) is 2.25. The van der Waals surface area contributed by atoms with Gasteiger partial charge in [0.15, 0.2) is 16.7 Å². The largest absolute Gasteiger partial charge is 0.461 e. The second-order valence-electron chi connectivity index (χ2n) is 6.11. The van der Waals surface area contributed by atoms with Crippen LogP contribution in [0.2, 0.25) is 0 Å². The van der Waals surface area contributed by atoms with E-state index in [0.29, 0.717) is 11.6 Å². The Morgan fingerprint density at radius 2 is 2.13 bits per heavy atom. The molecule has 1 aliphatic rings. The molecule has 1 saturated heterocycles. The van der Waals surface area contributed by atoms with E-state index in [1.807, 2.05) is 35.6 Å². The topological polar surface area (TPSA) is 64.2 Å². The highest BCUT2D eigenvalue weighted by atomic mass is 32.2. The second-order valence-corrected chi connectivity index (χ2v) is 7.42. The summed E-state index contributed by atoms with van der Waals surface area (Å²) in [5, 5.41) is 8.92. The summed E-state index contributed by atoms with van der Waals surface area (Å²) in [5.41, 5.74) is 0. The third-order valence-electron chi connectivity index (χ3n) is 4.30. The molecular formula is C16H22N4O2S. The van der Waals surface area contributed by atoms with Gasteiger partial charge in [-0.3, -0.25) is 4.79 Å². The number of carbonyl (C=O) groups is 1. The Bertz CT molecular complexity index is 660. The molecule has 1 atom stereocenters. The highest BCUT2D eigenvalue weighted by molar-refractivity contribution is 8.00. The van der Waals surface area contributed by atoms with Crippen LogP contribution >= 0.6 is 11.8 Å². The number of piperidine rings is 1. The predicted octanol–water partition coefficient (Wildman–Crippen LogP) is 2.81. The number of hydrogen-bond donors (Lipinski definition) is 0. The normalized spacial score (nSPS) is 17.4. The SMILES string of the molecule is CC1CCN(C(=O)C(C)Sc2nnc(-c3ccco3)n2C)CC1. The molecule has 1 fully saturated rings. The maximum absolute atomic E-state index is 12.6. The molecule has 23 heavy (non-hydrogen) atoms. The lowest BCUT2D eigenvalue weighted by Gasteiger charge is -2.31. The van der Waals surface area contributed by atoms with Crippen molar-refractivity contribution in [1.29, 1.82) is 0 Å². The van der Waals surface area contributed by atoms with Gasteiger partial charge in [-0.25, -0.2) is 0 Å². The molecule has 6 nitrogen and oxygen atoms in total. The summed E-state index contributed by atoms with van der Waals surface area (Å²) in [6, 6.07) is 3.67. The maximum atomic E-state index is 12.6. The van der Waals surface area contributed by atoms with E-state index in [2.05, 4.69) is 17.1 Å². The van der Waals surface area contributed by atoms with Crippen molar-refractivity contribution in [3.8, 4) is 11.6 Å². The Balaban J connectivity index is 1.66. The van der Waals surface area contributed by atoms with Crippen LogP contribution in [-0.4, -0.2) is 43.9 Å². The zero-order valence-corrected chi connectivity index (χ0v) is 14.5. The van der Waals surface area contributed by atoms with Gasteiger partial charge in [-0.2, -0.15) is 0 Å². The Morgan fingerprint density at radius 3 is 2.78 bits per heavy atom. The lowest BCUT2D eigenvalue weighted by Crippen LogP contribution is -2.41. The number of rotatable bonds is 4. The Labute approximate surface area is 140 Å². The molecule has 1 amide bonds. The summed E-state index contributed by atoms with van der Waals surface area (Å²) in [6.07, 6.45) is 3.80. The first kappa shape index (κ1) is 16.1. The molecule has 0 bridgehead atoms. The quantitative estimate of drug-likeness (QED) is 0.805. The summed E-state index contributed by atoms with van der Waals surface area (Å²) in [6.45, 7) is 5.91. The fourth-order valence-electron chi connectivity index (χ4n) is 2.73. The first-order valence-corrected chi connectivity index (χ1v) is 8.83. The van der Waals surface area contributed by atoms with Crippen LogP contribution in [0.3, 0.4) is 0 Å². The fourth-order valence-corrected chi connectivity index (χ4v) is 3.63. The minimum atomic E-state index is -0.171. The zero-order valence-electron chi connectivity index (χ0n) is 13.7. The molecule has 1 aliphatic heterocycles. The van der Waals surface area contributed by atoms with Crippen LogP contribution in [0.15, 0.2) is 28.0 Å². The van der Waals surface area contributed by atoms with E-state index in [9.17, 15) is 4.79 Å². The molecule has 0 spiro atoms. The van der Waals surface area contributed by atoms with Crippen molar-refractivity contribution in [2.45, 2.75) is 37.1 Å². The molecule has 0 aromatic carbocycles. The van der Waals surface area contributed by atoms with Crippen LogP contribution in [0, 0.1) is 5.92 Å². The average molecular weight is 334 g/mol.